The number of pyridine rings is 1. The molecule has 2 aromatic heterocycles. The van der Waals surface area contributed by atoms with E-state index in [0.29, 0.717) is 23.7 Å². The van der Waals surface area contributed by atoms with Gasteiger partial charge in [-0.05, 0) is 29.3 Å². The lowest BCUT2D eigenvalue weighted by atomic mass is 10.0. The third-order valence-electron chi connectivity index (χ3n) is 5.61. The van der Waals surface area contributed by atoms with E-state index in [0.717, 1.165) is 44.2 Å². The number of nitrogens with one attached hydrogen (secondary N) is 2. The van der Waals surface area contributed by atoms with Crippen LogP contribution in [0.5, 0.6) is 0 Å². The maximum atomic E-state index is 13.2. The molecule has 0 spiro atoms. The first-order chi connectivity index (χ1) is 15.6. The van der Waals surface area contributed by atoms with E-state index in [1.54, 1.807) is 0 Å². The van der Waals surface area contributed by atoms with E-state index < -0.39 is 0 Å². The molecule has 5 rings (SSSR count). The highest BCUT2D eigenvalue weighted by Crippen LogP contribution is 2.33. The predicted octanol–water partition coefficient (Wildman–Crippen LogP) is 5.43. The van der Waals surface area contributed by atoms with E-state index in [1.807, 2.05) is 79.0 Å². The van der Waals surface area contributed by atoms with Gasteiger partial charge in [0.15, 0.2) is 0 Å². The Morgan fingerprint density at radius 2 is 1.72 bits per heavy atom. The molecular weight excluding hydrogens is 420 g/mol. The molecule has 0 aliphatic heterocycles. The SMILES string of the molecule is NCc1ccc(CNC(=O)c2cc(-c3c[nH]c4c(Cl)cccc34)nc3ccccc23)cc1. The first-order valence-electron chi connectivity index (χ1n) is 10.4. The minimum Gasteiger partial charge on any atom is -0.359 e. The number of para-hydroxylation sites is 2. The number of carbonyl (C=O) groups is 1. The van der Waals surface area contributed by atoms with Crippen LogP contribution in [0.1, 0.15) is 21.5 Å². The first kappa shape index (κ1) is 20.2. The Kier molecular flexibility index (Phi) is 5.35. The summed E-state index contributed by atoms with van der Waals surface area (Å²) in [5, 5.41) is 5.46. The molecule has 1 amide bonds. The van der Waals surface area contributed by atoms with E-state index in [4.69, 9.17) is 22.3 Å². The summed E-state index contributed by atoms with van der Waals surface area (Å²) in [6.07, 6.45) is 1.88. The van der Waals surface area contributed by atoms with Crippen molar-refractivity contribution in [2.24, 2.45) is 5.73 Å². The van der Waals surface area contributed by atoms with Crippen LogP contribution in [-0.4, -0.2) is 15.9 Å². The Morgan fingerprint density at radius 3 is 2.53 bits per heavy atom. The van der Waals surface area contributed by atoms with E-state index >= 15 is 0 Å². The minimum absolute atomic E-state index is 0.148. The number of carbonyl (C=O) groups excluding carboxylic acids is 1. The molecule has 4 N–H and O–H groups in total. The van der Waals surface area contributed by atoms with Crippen LogP contribution in [0.4, 0.5) is 0 Å². The van der Waals surface area contributed by atoms with Crippen molar-refractivity contribution >= 4 is 39.3 Å². The number of aromatic nitrogens is 2. The number of benzene rings is 3. The average Bonchev–Trinajstić information content (AvgIpc) is 3.28. The number of fused-ring (bicyclic) bond motifs is 2. The fraction of sp³-hybridized carbons (Fsp3) is 0.0769. The molecule has 2 heterocycles. The number of halogens is 1. The van der Waals surface area contributed by atoms with Crippen molar-refractivity contribution < 1.29 is 4.79 Å². The summed E-state index contributed by atoms with van der Waals surface area (Å²) in [6, 6.07) is 23.2. The molecule has 3 aromatic carbocycles. The summed E-state index contributed by atoms with van der Waals surface area (Å²) in [7, 11) is 0. The summed E-state index contributed by atoms with van der Waals surface area (Å²) in [6.45, 7) is 0.926. The van der Waals surface area contributed by atoms with Gasteiger partial charge in [0, 0.05) is 35.6 Å². The predicted molar refractivity (Wildman–Crippen MR) is 130 cm³/mol. The van der Waals surface area contributed by atoms with E-state index in [-0.39, 0.29) is 5.91 Å². The Balaban J connectivity index is 1.53. The van der Waals surface area contributed by atoms with Gasteiger partial charge in [0.05, 0.1) is 27.3 Å². The molecule has 0 saturated carbocycles. The van der Waals surface area contributed by atoms with Crippen molar-refractivity contribution in [3.05, 3.63) is 101 Å². The summed E-state index contributed by atoms with van der Waals surface area (Å²) >= 11 is 6.33. The number of nitrogens with two attached hydrogens (primary N) is 1. The van der Waals surface area contributed by atoms with Gasteiger partial charge in [-0.2, -0.15) is 0 Å². The Labute approximate surface area is 190 Å². The number of nitrogens with zero attached hydrogens (tertiary/aromatic N) is 1. The monoisotopic (exact) mass is 440 g/mol. The number of amides is 1. The van der Waals surface area contributed by atoms with Crippen LogP contribution in [0.2, 0.25) is 5.02 Å². The molecule has 0 aliphatic rings. The highest BCUT2D eigenvalue weighted by Gasteiger charge is 2.16. The molecule has 0 unspecified atom stereocenters. The van der Waals surface area contributed by atoms with E-state index in [2.05, 4.69) is 10.3 Å². The van der Waals surface area contributed by atoms with E-state index in [1.165, 1.54) is 0 Å². The van der Waals surface area contributed by atoms with Crippen LogP contribution in [0.25, 0.3) is 33.1 Å². The van der Waals surface area contributed by atoms with Crippen LogP contribution < -0.4 is 11.1 Å². The highest BCUT2D eigenvalue weighted by molar-refractivity contribution is 6.35. The van der Waals surface area contributed by atoms with E-state index in [9.17, 15) is 4.79 Å². The third-order valence-corrected chi connectivity index (χ3v) is 5.93. The molecule has 0 saturated heterocycles. The average molecular weight is 441 g/mol. The molecule has 5 aromatic rings. The highest BCUT2D eigenvalue weighted by atomic mass is 35.5. The fourth-order valence-electron chi connectivity index (χ4n) is 3.90. The summed E-state index contributed by atoms with van der Waals surface area (Å²) < 4.78 is 0. The van der Waals surface area contributed by atoms with Gasteiger partial charge in [-0.3, -0.25) is 4.79 Å². The molecule has 158 valence electrons. The summed E-state index contributed by atoms with van der Waals surface area (Å²) in [4.78, 5) is 21.3. The van der Waals surface area contributed by atoms with Crippen molar-refractivity contribution in [1.29, 1.82) is 0 Å². The number of hydrogen-bond donors (Lipinski definition) is 3. The smallest absolute Gasteiger partial charge is 0.252 e. The van der Waals surface area contributed by atoms with Gasteiger partial charge in [-0.25, -0.2) is 4.98 Å². The number of hydrogen-bond acceptors (Lipinski definition) is 3. The quantitative estimate of drug-likeness (QED) is 0.341. The summed E-state index contributed by atoms with van der Waals surface area (Å²) in [5.74, 6) is -0.148. The lowest BCUT2D eigenvalue weighted by Gasteiger charge is -2.11. The fourth-order valence-corrected chi connectivity index (χ4v) is 4.13. The van der Waals surface area contributed by atoms with Crippen LogP contribution in [0.15, 0.2) is 79.0 Å². The molecule has 0 fully saturated rings. The molecule has 6 heteroatoms. The third kappa shape index (κ3) is 3.73. The van der Waals surface area contributed by atoms with Gasteiger partial charge in [-0.15, -0.1) is 0 Å². The Morgan fingerprint density at radius 1 is 0.969 bits per heavy atom. The van der Waals surface area contributed by atoms with Crippen LogP contribution in [0.3, 0.4) is 0 Å². The van der Waals surface area contributed by atoms with Gasteiger partial charge < -0.3 is 16.0 Å². The van der Waals surface area contributed by atoms with Crippen molar-refractivity contribution in [3.8, 4) is 11.3 Å². The van der Waals surface area contributed by atoms with Gasteiger partial charge in [0.25, 0.3) is 5.91 Å². The maximum absolute atomic E-state index is 13.2. The topological polar surface area (TPSA) is 83.8 Å². The molecule has 32 heavy (non-hydrogen) atoms. The standard InChI is InChI=1S/C26H21ClN4O/c27-22-6-3-5-19-21(15-29-25(19)22)24-12-20(18-4-1-2-7-23(18)31-24)26(32)30-14-17-10-8-16(13-28)9-11-17/h1-12,15,29H,13-14,28H2,(H,30,32). The van der Waals surface area contributed by atoms with Crippen molar-refractivity contribution in [2.75, 3.05) is 0 Å². The molecule has 0 atom stereocenters. The largest absolute Gasteiger partial charge is 0.359 e. The molecular formula is C26H21ClN4O. The lowest BCUT2D eigenvalue weighted by molar-refractivity contribution is 0.0952. The number of H-pyrrole nitrogens is 1. The van der Waals surface area contributed by atoms with Gasteiger partial charge >= 0.3 is 0 Å². The zero-order valence-corrected chi connectivity index (χ0v) is 18.0. The zero-order valence-electron chi connectivity index (χ0n) is 17.2. The second kappa shape index (κ2) is 8.46. The second-order valence-corrected chi connectivity index (χ2v) is 8.05. The molecule has 0 bridgehead atoms. The molecule has 5 nitrogen and oxygen atoms in total. The second-order valence-electron chi connectivity index (χ2n) is 7.64. The minimum atomic E-state index is -0.148. The zero-order chi connectivity index (χ0) is 22.1. The van der Waals surface area contributed by atoms with Crippen LogP contribution >= 0.6 is 11.6 Å². The lowest BCUT2D eigenvalue weighted by Crippen LogP contribution is -2.23. The normalized spacial score (nSPS) is 11.2. The van der Waals surface area contributed by atoms with Crippen molar-refractivity contribution in [1.82, 2.24) is 15.3 Å². The maximum Gasteiger partial charge on any atom is 0.252 e. The Bertz CT molecular complexity index is 1440. The van der Waals surface area contributed by atoms with Crippen LogP contribution in [0, 0.1) is 0 Å². The number of rotatable bonds is 5. The van der Waals surface area contributed by atoms with Gasteiger partial charge in [-0.1, -0.05) is 66.2 Å². The Hall–Kier alpha value is -3.67. The van der Waals surface area contributed by atoms with Crippen LogP contribution in [-0.2, 0) is 13.1 Å². The van der Waals surface area contributed by atoms with Gasteiger partial charge in [0.2, 0.25) is 0 Å². The molecule has 0 radical (unpaired) electrons. The first-order valence-corrected chi connectivity index (χ1v) is 10.7. The van der Waals surface area contributed by atoms with Gasteiger partial charge in [0.1, 0.15) is 0 Å². The van der Waals surface area contributed by atoms with Crippen molar-refractivity contribution in [3.63, 3.8) is 0 Å². The van der Waals surface area contributed by atoms with Crippen molar-refractivity contribution in [2.45, 2.75) is 13.1 Å². The molecule has 0 aliphatic carbocycles. The number of aromatic amines is 1. The summed E-state index contributed by atoms with van der Waals surface area (Å²) in [5.41, 5.74) is 11.6.